The summed E-state index contributed by atoms with van der Waals surface area (Å²) >= 11 is 4.57. The lowest BCUT2D eigenvalue weighted by atomic mass is 10.0. The molecule has 0 spiro atoms. The number of anilines is 2. The van der Waals surface area contributed by atoms with Crippen LogP contribution in [0.3, 0.4) is 0 Å². The second kappa shape index (κ2) is 11.0. The first-order valence-electron chi connectivity index (χ1n) is 10.1. The van der Waals surface area contributed by atoms with Crippen molar-refractivity contribution in [3.05, 3.63) is 53.6 Å². The molecule has 2 aromatic carbocycles. The number of amidine groups is 1. The summed E-state index contributed by atoms with van der Waals surface area (Å²) in [6, 6.07) is 14.5. The molecule has 2 N–H and O–H groups in total. The molecule has 0 atom stereocenters. The van der Waals surface area contributed by atoms with Crippen LogP contribution in [-0.2, 0) is 0 Å². The molecule has 0 saturated carbocycles. The number of hydrazone groups is 1. The largest absolute Gasteiger partial charge is 0.495 e. The summed E-state index contributed by atoms with van der Waals surface area (Å²) in [6.45, 7) is 7.51. The summed E-state index contributed by atoms with van der Waals surface area (Å²) < 4.78 is 5.59. The zero-order chi connectivity index (χ0) is 21.4. The molecule has 0 bridgehead atoms. The highest BCUT2D eigenvalue weighted by Gasteiger charge is 2.18. The van der Waals surface area contributed by atoms with Crippen molar-refractivity contribution >= 4 is 29.8 Å². The first kappa shape index (κ1) is 22.9. The average Bonchev–Trinajstić information content (AvgIpc) is 2.75. The predicted molar refractivity (Wildman–Crippen MR) is 129 cm³/mol. The number of thiol groups is 1. The number of hydrogen-bond acceptors (Lipinski definition) is 5. The monoisotopic (exact) mass is 414 g/mol. The van der Waals surface area contributed by atoms with E-state index in [1.807, 2.05) is 29.2 Å². The summed E-state index contributed by atoms with van der Waals surface area (Å²) in [5.74, 6) is 8.26. The van der Waals surface area contributed by atoms with Crippen molar-refractivity contribution in [2.45, 2.75) is 39.5 Å². The third-order valence-corrected chi connectivity index (χ3v) is 5.35. The molecular weight excluding hydrogens is 380 g/mol. The molecule has 0 aliphatic carbocycles. The second-order valence-corrected chi connectivity index (χ2v) is 7.72. The number of nitrogens with zero attached hydrogens (tertiary/aromatic N) is 3. The van der Waals surface area contributed by atoms with E-state index in [-0.39, 0.29) is 0 Å². The fourth-order valence-electron chi connectivity index (χ4n) is 3.27. The zero-order valence-electron chi connectivity index (χ0n) is 18.2. The van der Waals surface area contributed by atoms with Crippen LogP contribution < -0.4 is 20.4 Å². The van der Waals surface area contributed by atoms with Gasteiger partial charge < -0.3 is 20.4 Å². The van der Waals surface area contributed by atoms with Gasteiger partial charge in [-0.05, 0) is 42.2 Å². The Balaban J connectivity index is 2.45. The molecule has 0 amide bonds. The Kier molecular flexibility index (Phi) is 8.70. The Labute approximate surface area is 180 Å². The van der Waals surface area contributed by atoms with Gasteiger partial charge in [0.05, 0.1) is 18.7 Å². The van der Waals surface area contributed by atoms with Crippen LogP contribution >= 0.6 is 12.6 Å². The van der Waals surface area contributed by atoms with E-state index in [1.54, 1.807) is 7.11 Å². The van der Waals surface area contributed by atoms with Gasteiger partial charge in [-0.1, -0.05) is 45.4 Å². The van der Waals surface area contributed by atoms with Crippen molar-refractivity contribution in [2.75, 3.05) is 36.4 Å². The number of ether oxygens (including phenoxy) is 1. The minimum absolute atomic E-state index is 0.429. The molecule has 0 heterocycles. The molecule has 0 unspecified atom stereocenters. The molecule has 0 saturated heterocycles. The average molecular weight is 415 g/mol. The molecule has 0 aromatic heterocycles. The number of benzene rings is 2. The van der Waals surface area contributed by atoms with E-state index in [1.165, 1.54) is 5.56 Å². The molecule has 2 aromatic rings. The van der Waals surface area contributed by atoms with E-state index < -0.39 is 0 Å². The quantitative estimate of drug-likeness (QED) is 0.150. The standard InChI is InChI=1S/C23H34N4OS/c1-6-7-13-26(4)21-15-20(11-12-22(21)28-5)27(16-29)23(25-24)19-10-8-9-18(14-19)17(2)3/h8-12,14-15,17,29H,6-7,13,16,24H2,1-5H3/b25-23-. The van der Waals surface area contributed by atoms with Crippen molar-refractivity contribution in [1.29, 1.82) is 0 Å². The molecule has 158 valence electrons. The van der Waals surface area contributed by atoms with Gasteiger partial charge in [-0.2, -0.15) is 17.7 Å². The van der Waals surface area contributed by atoms with Crippen LogP contribution in [-0.4, -0.2) is 32.4 Å². The van der Waals surface area contributed by atoms with Crippen LogP contribution in [0.5, 0.6) is 5.75 Å². The van der Waals surface area contributed by atoms with Crippen molar-refractivity contribution in [2.24, 2.45) is 10.9 Å². The van der Waals surface area contributed by atoms with Gasteiger partial charge in [0.1, 0.15) is 5.75 Å². The number of nitrogens with two attached hydrogens (primary N) is 1. The maximum absolute atomic E-state index is 5.84. The molecule has 0 aliphatic heterocycles. The molecule has 2 rings (SSSR count). The van der Waals surface area contributed by atoms with Crippen LogP contribution in [0.2, 0.25) is 0 Å². The Hall–Kier alpha value is -2.34. The summed E-state index contributed by atoms with van der Waals surface area (Å²) in [7, 11) is 3.79. The Morgan fingerprint density at radius 2 is 1.97 bits per heavy atom. The fraction of sp³-hybridized carbons (Fsp3) is 0.435. The van der Waals surface area contributed by atoms with E-state index in [4.69, 9.17) is 10.6 Å². The number of rotatable bonds is 9. The van der Waals surface area contributed by atoms with Gasteiger partial charge in [-0.3, -0.25) is 0 Å². The normalized spacial score (nSPS) is 11.6. The Morgan fingerprint density at radius 1 is 1.21 bits per heavy atom. The van der Waals surface area contributed by atoms with Gasteiger partial charge >= 0.3 is 0 Å². The SMILES string of the molecule is CCCCN(C)c1cc(N(CS)/C(=N\N)c2cccc(C(C)C)c2)ccc1OC. The number of methoxy groups -OCH3 is 1. The minimum Gasteiger partial charge on any atom is -0.495 e. The van der Waals surface area contributed by atoms with Crippen LogP contribution in [0, 0.1) is 0 Å². The van der Waals surface area contributed by atoms with E-state index in [0.29, 0.717) is 17.6 Å². The topological polar surface area (TPSA) is 54.1 Å². The first-order chi connectivity index (χ1) is 14.0. The minimum atomic E-state index is 0.429. The molecule has 0 aliphatic rings. The predicted octanol–water partition coefficient (Wildman–Crippen LogP) is 5.07. The van der Waals surface area contributed by atoms with Gasteiger partial charge in [0.25, 0.3) is 0 Å². The van der Waals surface area contributed by atoms with Gasteiger partial charge in [-0.15, -0.1) is 0 Å². The maximum atomic E-state index is 5.84. The smallest absolute Gasteiger partial charge is 0.160 e. The van der Waals surface area contributed by atoms with Crippen molar-refractivity contribution in [3.63, 3.8) is 0 Å². The van der Waals surface area contributed by atoms with Gasteiger partial charge in [0.2, 0.25) is 0 Å². The van der Waals surface area contributed by atoms with E-state index >= 15 is 0 Å². The lowest BCUT2D eigenvalue weighted by Crippen LogP contribution is -2.32. The highest BCUT2D eigenvalue weighted by atomic mass is 32.1. The molecule has 0 fully saturated rings. The maximum Gasteiger partial charge on any atom is 0.160 e. The lowest BCUT2D eigenvalue weighted by Gasteiger charge is -2.27. The molecule has 0 radical (unpaired) electrons. The molecule has 5 nitrogen and oxygen atoms in total. The Bertz CT molecular complexity index is 822. The molecular formula is C23H34N4OS. The van der Waals surface area contributed by atoms with Crippen molar-refractivity contribution in [3.8, 4) is 5.75 Å². The second-order valence-electron chi connectivity index (χ2n) is 7.43. The summed E-state index contributed by atoms with van der Waals surface area (Å²) in [6.07, 6.45) is 2.27. The summed E-state index contributed by atoms with van der Waals surface area (Å²) in [4.78, 5) is 4.24. The number of hydrogen-bond donors (Lipinski definition) is 2. The van der Waals surface area contributed by atoms with Gasteiger partial charge in [0, 0.05) is 24.8 Å². The summed E-state index contributed by atoms with van der Waals surface area (Å²) in [5.41, 5.74) is 4.23. The fourth-order valence-corrected chi connectivity index (χ4v) is 3.57. The highest BCUT2D eigenvalue weighted by molar-refractivity contribution is 7.80. The third-order valence-electron chi connectivity index (χ3n) is 5.06. The molecule has 6 heteroatoms. The van der Waals surface area contributed by atoms with Crippen LogP contribution in [0.15, 0.2) is 47.6 Å². The van der Waals surface area contributed by atoms with Crippen LogP contribution in [0.1, 0.15) is 50.7 Å². The first-order valence-corrected chi connectivity index (χ1v) is 10.8. The van der Waals surface area contributed by atoms with Crippen molar-refractivity contribution < 1.29 is 4.74 Å². The highest BCUT2D eigenvalue weighted by Crippen LogP contribution is 2.33. The summed E-state index contributed by atoms with van der Waals surface area (Å²) in [5, 5.41) is 4.12. The van der Waals surface area contributed by atoms with Crippen LogP contribution in [0.25, 0.3) is 0 Å². The number of unbranched alkanes of at least 4 members (excludes halogenated alkanes) is 1. The van der Waals surface area contributed by atoms with Crippen molar-refractivity contribution in [1.82, 2.24) is 0 Å². The van der Waals surface area contributed by atoms with E-state index in [2.05, 4.69) is 68.6 Å². The molecule has 29 heavy (non-hydrogen) atoms. The van der Waals surface area contributed by atoms with E-state index in [0.717, 1.165) is 42.1 Å². The lowest BCUT2D eigenvalue weighted by molar-refractivity contribution is 0.415. The Morgan fingerprint density at radius 3 is 2.55 bits per heavy atom. The van der Waals surface area contributed by atoms with Gasteiger partial charge in [-0.25, -0.2) is 0 Å². The van der Waals surface area contributed by atoms with Gasteiger partial charge in [0.15, 0.2) is 5.84 Å². The van der Waals surface area contributed by atoms with E-state index in [9.17, 15) is 0 Å². The zero-order valence-corrected chi connectivity index (χ0v) is 19.1. The third kappa shape index (κ3) is 5.60. The van der Waals surface area contributed by atoms with Crippen LogP contribution in [0.4, 0.5) is 11.4 Å².